The number of piperidine rings is 1. The van der Waals surface area contributed by atoms with Crippen LogP contribution in [0, 0.1) is 17.2 Å². The van der Waals surface area contributed by atoms with Gasteiger partial charge in [-0.05, 0) is 32.5 Å². The maximum absolute atomic E-state index is 8.87. The number of likely N-dealkylation sites (N-methyl/N-ethyl adjacent to an activating group) is 1. The van der Waals surface area contributed by atoms with Crippen molar-refractivity contribution in [3.05, 3.63) is 0 Å². The molecule has 4 nitrogen and oxygen atoms in total. The number of nitrogens with zero attached hydrogens (tertiary/aromatic N) is 3. The van der Waals surface area contributed by atoms with E-state index in [2.05, 4.69) is 22.8 Å². The van der Waals surface area contributed by atoms with Gasteiger partial charge in [-0.3, -0.25) is 4.90 Å². The molecule has 0 aromatic carbocycles. The SMILES string of the molecule is CCN1CCOC(CN2CCC(C#N)CC2)C1. The highest BCUT2D eigenvalue weighted by Gasteiger charge is 2.24. The number of morpholine rings is 1. The Morgan fingerprint density at radius 3 is 2.65 bits per heavy atom. The molecule has 2 fully saturated rings. The average Bonchev–Trinajstić information content (AvgIpc) is 2.40. The van der Waals surface area contributed by atoms with E-state index in [1.165, 1.54) is 0 Å². The van der Waals surface area contributed by atoms with Gasteiger partial charge < -0.3 is 9.64 Å². The quantitative estimate of drug-likeness (QED) is 0.732. The highest BCUT2D eigenvalue weighted by atomic mass is 16.5. The van der Waals surface area contributed by atoms with E-state index < -0.39 is 0 Å². The molecule has 0 N–H and O–H groups in total. The highest BCUT2D eigenvalue weighted by molar-refractivity contribution is 4.88. The van der Waals surface area contributed by atoms with Crippen LogP contribution in [0.25, 0.3) is 0 Å². The minimum Gasteiger partial charge on any atom is -0.374 e. The summed E-state index contributed by atoms with van der Waals surface area (Å²) in [5, 5.41) is 8.87. The molecule has 0 spiro atoms. The van der Waals surface area contributed by atoms with Gasteiger partial charge in [0.1, 0.15) is 0 Å². The zero-order valence-corrected chi connectivity index (χ0v) is 10.8. The summed E-state index contributed by atoms with van der Waals surface area (Å²) in [6.45, 7) is 9.49. The van der Waals surface area contributed by atoms with Crippen LogP contribution in [0.4, 0.5) is 0 Å². The lowest BCUT2D eigenvalue weighted by Gasteiger charge is -2.37. The summed E-state index contributed by atoms with van der Waals surface area (Å²) in [7, 11) is 0. The molecular formula is C13H23N3O. The van der Waals surface area contributed by atoms with Gasteiger partial charge in [-0.1, -0.05) is 6.92 Å². The van der Waals surface area contributed by atoms with Gasteiger partial charge in [0.15, 0.2) is 0 Å². The van der Waals surface area contributed by atoms with Crippen LogP contribution in [0.1, 0.15) is 19.8 Å². The van der Waals surface area contributed by atoms with Crippen LogP contribution < -0.4 is 0 Å². The van der Waals surface area contributed by atoms with Crippen molar-refractivity contribution in [1.82, 2.24) is 9.80 Å². The summed E-state index contributed by atoms with van der Waals surface area (Å²) in [6.07, 6.45) is 2.42. The zero-order valence-electron chi connectivity index (χ0n) is 10.8. The molecule has 0 amide bonds. The highest BCUT2D eigenvalue weighted by Crippen LogP contribution is 2.17. The summed E-state index contributed by atoms with van der Waals surface area (Å²) in [6, 6.07) is 2.38. The molecule has 4 heteroatoms. The normalized spacial score (nSPS) is 29.1. The van der Waals surface area contributed by atoms with E-state index >= 15 is 0 Å². The van der Waals surface area contributed by atoms with Crippen molar-refractivity contribution in [2.45, 2.75) is 25.9 Å². The lowest BCUT2D eigenvalue weighted by Crippen LogP contribution is -2.48. The van der Waals surface area contributed by atoms with E-state index in [0.29, 0.717) is 6.10 Å². The molecule has 1 atom stereocenters. The number of hydrogen-bond donors (Lipinski definition) is 0. The Hall–Kier alpha value is -0.630. The fourth-order valence-corrected chi connectivity index (χ4v) is 2.71. The van der Waals surface area contributed by atoms with Crippen molar-refractivity contribution in [1.29, 1.82) is 5.26 Å². The van der Waals surface area contributed by atoms with Crippen molar-refractivity contribution in [3.63, 3.8) is 0 Å². The van der Waals surface area contributed by atoms with Crippen molar-refractivity contribution < 1.29 is 4.74 Å². The Balaban J connectivity index is 1.72. The molecule has 17 heavy (non-hydrogen) atoms. The molecule has 2 saturated heterocycles. The first kappa shape index (κ1) is 12.8. The van der Waals surface area contributed by atoms with Gasteiger partial charge in [-0.15, -0.1) is 0 Å². The number of nitriles is 1. The molecule has 96 valence electrons. The number of likely N-dealkylation sites (tertiary alicyclic amines) is 1. The molecule has 2 rings (SSSR count). The lowest BCUT2D eigenvalue weighted by atomic mass is 9.98. The van der Waals surface area contributed by atoms with Crippen LogP contribution in [0.3, 0.4) is 0 Å². The van der Waals surface area contributed by atoms with E-state index in [0.717, 1.165) is 58.7 Å². The first-order valence-electron chi connectivity index (χ1n) is 6.77. The molecule has 0 aromatic heterocycles. The zero-order chi connectivity index (χ0) is 12.1. The third kappa shape index (κ3) is 3.67. The second-order valence-corrected chi connectivity index (χ2v) is 5.09. The van der Waals surface area contributed by atoms with Crippen LogP contribution >= 0.6 is 0 Å². The van der Waals surface area contributed by atoms with Gasteiger partial charge in [-0.2, -0.15) is 5.26 Å². The molecule has 0 bridgehead atoms. The first-order chi connectivity index (χ1) is 8.31. The summed E-state index contributed by atoms with van der Waals surface area (Å²) in [4.78, 5) is 4.91. The van der Waals surface area contributed by atoms with Gasteiger partial charge in [0, 0.05) is 25.6 Å². The van der Waals surface area contributed by atoms with E-state index in [1.807, 2.05) is 0 Å². The van der Waals surface area contributed by atoms with Crippen LogP contribution in [0.15, 0.2) is 0 Å². The third-order valence-corrected chi connectivity index (χ3v) is 3.90. The predicted octanol–water partition coefficient (Wildman–Crippen LogP) is 0.943. The third-order valence-electron chi connectivity index (χ3n) is 3.90. The minimum atomic E-state index is 0.283. The van der Waals surface area contributed by atoms with Crippen molar-refractivity contribution in [3.8, 4) is 6.07 Å². The fourth-order valence-electron chi connectivity index (χ4n) is 2.71. The molecule has 2 aliphatic heterocycles. The van der Waals surface area contributed by atoms with E-state index in [9.17, 15) is 0 Å². The Kier molecular flexibility index (Phi) is 4.78. The van der Waals surface area contributed by atoms with E-state index in [4.69, 9.17) is 10.00 Å². The molecular weight excluding hydrogens is 214 g/mol. The molecule has 0 radical (unpaired) electrons. The molecule has 0 saturated carbocycles. The summed E-state index contributed by atoms with van der Waals surface area (Å²) in [5.41, 5.74) is 0. The largest absolute Gasteiger partial charge is 0.374 e. The van der Waals surface area contributed by atoms with Crippen LogP contribution in [0.2, 0.25) is 0 Å². The van der Waals surface area contributed by atoms with E-state index in [1.54, 1.807) is 0 Å². The molecule has 0 aromatic rings. The second kappa shape index (κ2) is 6.34. The number of hydrogen-bond acceptors (Lipinski definition) is 4. The molecule has 2 aliphatic rings. The fraction of sp³-hybridized carbons (Fsp3) is 0.923. The topological polar surface area (TPSA) is 39.5 Å². The van der Waals surface area contributed by atoms with Crippen molar-refractivity contribution >= 4 is 0 Å². The summed E-state index contributed by atoms with van der Waals surface area (Å²) in [5.74, 6) is 0.283. The predicted molar refractivity (Wildman–Crippen MR) is 66.6 cm³/mol. The van der Waals surface area contributed by atoms with Gasteiger partial charge in [0.25, 0.3) is 0 Å². The van der Waals surface area contributed by atoms with Gasteiger partial charge >= 0.3 is 0 Å². The van der Waals surface area contributed by atoms with Gasteiger partial charge in [0.2, 0.25) is 0 Å². The van der Waals surface area contributed by atoms with Crippen LogP contribution in [-0.2, 0) is 4.74 Å². The Morgan fingerprint density at radius 2 is 2.00 bits per heavy atom. The second-order valence-electron chi connectivity index (χ2n) is 5.09. The van der Waals surface area contributed by atoms with Crippen molar-refractivity contribution in [2.75, 3.05) is 45.9 Å². The Labute approximate surface area is 104 Å². The van der Waals surface area contributed by atoms with Gasteiger partial charge in [0.05, 0.1) is 18.8 Å². The standard InChI is InChI=1S/C13H23N3O/c1-2-15-7-8-17-13(10-15)11-16-5-3-12(9-14)4-6-16/h12-13H,2-8,10-11H2,1H3. The molecule has 0 aliphatic carbocycles. The minimum absolute atomic E-state index is 0.283. The van der Waals surface area contributed by atoms with Crippen molar-refractivity contribution in [2.24, 2.45) is 5.92 Å². The maximum Gasteiger partial charge on any atom is 0.0829 e. The monoisotopic (exact) mass is 237 g/mol. The summed E-state index contributed by atoms with van der Waals surface area (Å²) < 4.78 is 5.82. The lowest BCUT2D eigenvalue weighted by molar-refractivity contribution is -0.0445. The molecule has 1 unspecified atom stereocenters. The summed E-state index contributed by atoms with van der Waals surface area (Å²) >= 11 is 0. The number of ether oxygens (including phenoxy) is 1. The van der Waals surface area contributed by atoms with Gasteiger partial charge in [-0.25, -0.2) is 0 Å². The number of rotatable bonds is 3. The Morgan fingerprint density at radius 1 is 1.24 bits per heavy atom. The Bertz CT molecular complexity index is 268. The maximum atomic E-state index is 8.87. The van der Waals surface area contributed by atoms with E-state index in [-0.39, 0.29) is 5.92 Å². The van der Waals surface area contributed by atoms with Crippen LogP contribution in [-0.4, -0.2) is 61.8 Å². The average molecular weight is 237 g/mol. The van der Waals surface area contributed by atoms with Crippen LogP contribution in [0.5, 0.6) is 0 Å². The smallest absolute Gasteiger partial charge is 0.0829 e. The molecule has 2 heterocycles. The first-order valence-corrected chi connectivity index (χ1v) is 6.77.